The number of nitriles is 1. The van der Waals surface area contributed by atoms with Crippen LogP contribution in [-0.2, 0) is 0 Å². The van der Waals surface area contributed by atoms with Crippen LogP contribution < -0.4 is 5.32 Å². The quantitative estimate of drug-likeness (QED) is 0.840. The minimum Gasteiger partial charge on any atom is -0.358 e. The van der Waals surface area contributed by atoms with Gasteiger partial charge in [-0.3, -0.25) is 0 Å². The first kappa shape index (κ1) is 15.1. The number of hydrogen-bond donors (Lipinski definition) is 1. The van der Waals surface area contributed by atoms with Gasteiger partial charge in [0, 0.05) is 11.8 Å². The third kappa shape index (κ3) is 2.35. The largest absolute Gasteiger partial charge is 0.358 e. The van der Waals surface area contributed by atoms with Crippen molar-refractivity contribution >= 4 is 29.1 Å². The van der Waals surface area contributed by atoms with Crippen molar-refractivity contribution in [3.8, 4) is 6.07 Å². The van der Waals surface area contributed by atoms with E-state index in [1.54, 1.807) is 24.3 Å². The lowest BCUT2D eigenvalue weighted by Gasteiger charge is -2.22. The lowest BCUT2D eigenvalue weighted by Crippen LogP contribution is -2.24. The van der Waals surface area contributed by atoms with Crippen LogP contribution >= 0.6 is 23.4 Å². The van der Waals surface area contributed by atoms with E-state index >= 15 is 0 Å². The fourth-order valence-electron chi connectivity index (χ4n) is 2.82. The van der Waals surface area contributed by atoms with E-state index in [4.69, 9.17) is 16.9 Å². The van der Waals surface area contributed by atoms with E-state index in [1.807, 2.05) is 23.7 Å². The highest BCUT2D eigenvalue weighted by atomic mass is 35.5. The van der Waals surface area contributed by atoms with Crippen LogP contribution in [0.25, 0.3) is 5.70 Å². The van der Waals surface area contributed by atoms with Crippen LogP contribution in [0.2, 0.25) is 5.02 Å². The lowest BCUT2D eigenvalue weighted by molar-refractivity contribution is 0.375. The molecule has 118 valence electrons. The standard InChI is InChI=1S/C18H11ClFN3S/c19-14-3-1-2-13(15(14)20)16-18-23(8-9-24-18)17(22-16)12-6-4-11(10-21)5-7-12/h1-9,17,22H. The van der Waals surface area contributed by atoms with Gasteiger partial charge in [0.05, 0.1) is 22.4 Å². The Hall–Kier alpha value is -2.42. The highest BCUT2D eigenvalue weighted by Crippen LogP contribution is 2.45. The first-order valence-electron chi connectivity index (χ1n) is 7.26. The van der Waals surface area contributed by atoms with Crippen molar-refractivity contribution in [3.05, 3.63) is 86.6 Å². The van der Waals surface area contributed by atoms with Crippen LogP contribution in [0.3, 0.4) is 0 Å². The van der Waals surface area contributed by atoms with Gasteiger partial charge in [-0.2, -0.15) is 5.26 Å². The zero-order valence-electron chi connectivity index (χ0n) is 12.3. The molecule has 4 rings (SSSR count). The summed E-state index contributed by atoms with van der Waals surface area (Å²) in [6, 6.07) is 14.5. The summed E-state index contributed by atoms with van der Waals surface area (Å²) in [5, 5.41) is 15.3. The van der Waals surface area contributed by atoms with Crippen molar-refractivity contribution in [2.24, 2.45) is 0 Å². The van der Waals surface area contributed by atoms with Crippen molar-refractivity contribution < 1.29 is 4.39 Å². The predicted molar refractivity (Wildman–Crippen MR) is 93.9 cm³/mol. The molecule has 24 heavy (non-hydrogen) atoms. The molecule has 0 amide bonds. The number of benzene rings is 2. The Balaban J connectivity index is 1.74. The maximum atomic E-state index is 14.4. The second-order valence-corrected chi connectivity index (χ2v) is 6.67. The first-order chi connectivity index (χ1) is 11.7. The van der Waals surface area contributed by atoms with Crippen LogP contribution in [-0.4, -0.2) is 4.90 Å². The molecule has 0 saturated heterocycles. The van der Waals surface area contributed by atoms with Crippen LogP contribution in [0.4, 0.5) is 4.39 Å². The van der Waals surface area contributed by atoms with Gasteiger partial charge in [-0.15, -0.1) is 0 Å². The first-order valence-corrected chi connectivity index (χ1v) is 8.52. The molecule has 0 fully saturated rings. The van der Waals surface area contributed by atoms with Crippen molar-refractivity contribution in [1.82, 2.24) is 10.2 Å². The van der Waals surface area contributed by atoms with E-state index in [1.165, 1.54) is 17.8 Å². The summed E-state index contributed by atoms with van der Waals surface area (Å²) in [6.07, 6.45) is 1.82. The summed E-state index contributed by atoms with van der Waals surface area (Å²) in [4.78, 5) is 2.06. The zero-order chi connectivity index (χ0) is 16.7. The predicted octanol–water partition coefficient (Wildman–Crippen LogP) is 4.80. The minimum atomic E-state index is -0.429. The van der Waals surface area contributed by atoms with E-state index in [-0.39, 0.29) is 11.2 Å². The van der Waals surface area contributed by atoms with E-state index in [2.05, 4.69) is 16.3 Å². The molecule has 0 spiro atoms. The highest BCUT2D eigenvalue weighted by molar-refractivity contribution is 8.06. The second kappa shape index (κ2) is 5.90. The number of halogens is 2. The van der Waals surface area contributed by atoms with Crippen LogP contribution in [0.1, 0.15) is 22.9 Å². The normalized spacial score (nSPS) is 18.5. The summed E-state index contributed by atoms with van der Waals surface area (Å²) < 4.78 is 14.4. The SMILES string of the molecule is N#Cc1ccc(C2NC(c3cccc(Cl)c3F)=C3SC=CN32)cc1. The average Bonchev–Trinajstić information content (AvgIpc) is 3.20. The minimum absolute atomic E-state index is 0.103. The van der Waals surface area contributed by atoms with Gasteiger partial charge in [0.15, 0.2) is 5.82 Å². The van der Waals surface area contributed by atoms with Crippen molar-refractivity contribution in [1.29, 1.82) is 5.26 Å². The maximum Gasteiger partial charge on any atom is 0.151 e. The molecule has 0 bridgehead atoms. The number of nitrogens with zero attached hydrogens (tertiary/aromatic N) is 2. The monoisotopic (exact) mass is 355 g/mol. The van der Waals surface area contributed by atoms with E-state index in [0.29, 0.717) is 11.1 Å². The zero-order valence-corrected chi connectivity index (χ0v) is 13.9. The Labute approximate surface area is 148 Å². The maximum absolute atomic E-state index is 14.4. The smallest absolute Gasteiger partial charge is 0.151 e. The molecular formula is C18H11ClFN3S. The van der Waals surface area contributed by atoms with E-state index in [0.717, 1.165) is 16.3 Å². The van der Waals surface area contributed by atoms with Crippen LogP contribution in [0.5, 0.6) is 0 Å². The van der Waals surface area contributed by atoms with Gasteiger partial charge < -0.3 is 10.2 Å². The third-order valence-electron chi connectivity index (χ3n) is 3.99. The number of rotatable bonds is 2. The molecule has 0 aliphatic carbocycles. The van der Waals surface area contributed by atoms with Gasteiger partial charge in [-0.1, -0.05) is 41.6 Å². The Bertz CT molecular complexity index is 915. The summed E-state index contributed by atoms with van der Waals surface area (Å²) in [7, 11) is 0. The average molecular weight is 356 g/mol. The van der Waals surface area contributed by atoms with E-state index < -0.39 is 5.82 Å². The van der Waals surface area contributed by atoms with E-state index in [9.17, 15) is 4.39 Å². The fourth-order valence-corrected chi connectivity index (χ4v) is 3.89. The Morgan fingerprint density at radius 2 is 2.00 bits per heavy atom. The topological polar surface area (TPSA) is 39.1 Å². The third-order valence-corrected chi connectivity index (χ3v) is 5.17. The molecule has 1 unspecified atom stereocenters. The molecule has 0 radical (unpaired) electrons. The molecule has 1 atom stereocenters. The lowest BCUT2D eigenvalue weighted by atomic mass is 10.1. The molecule has 2 aliphatic heterocycles. The molecule has 0 saturated carbocycles. The van der Waals surface area contributed by atoms with Crippen LogP contribution in [0.15, 0.2) is 59.1 Å². The number of nitrogens with one attached hydrogen (secondary N) is 1. The van der Waals surface area contributed by atoms with Crippen molar-refractivity contribution in [3.63, 3.8) is 0 Å². The van der Waals surface area contributed by atoms with Gasteiger partial charge in [0.2, 0.25) is 0 Å². The van der Waals surface area contributed by atoms with Crippen LogP contribution in [0, 0.1) is 17.1 Å². The summed E-state index contributed by atoms with van der Waals surface area (Å²) in [5.74, 6) is -0.429. The van der Waals surface area contributed by atoms with Gasteiger partial charge in [0.1, 0.15) is 11.2 Å². The summed E-state index contributed by atoms with van der Waals surface area (Å²) in [6.45, 7) is 0. The molecule has 2 aliphatic rings. The summed E-state index contributed by atoms with van der Waals surface area (Å²) >= 11 is 7.47. The molecular weight excluding hydrogens is 345 g/mol. The van der Waals surface area contributed by atoms with Gasteiger partial charge in [-0.25, -0.2) is 4.39 Å². The number of hydrogen-bond acceptors (Lipinski definition) is 4. The van der Waals surface area contributed by atoms with Crippen molar-refractivity contribution in [2.75, 3.05) is 0 Å². The Morgan fingerprint density at radius 1 is 1.21 bits per heavy atom. The summed E-state index contributed by atoms with van der Waals surface area (Å²) in [5.41, 5.74) is 2.78. The number of thioether (sulfide) groups is 1. The Morgan fingerprint density at radius 3 is 2.75 bits per heavy atom. The Kier molecular flexibility index (Phi) is 3.72. The van der Waals surface area contributed by atoms with Gasteiger partial charge >= 0.3 is 0 Å². The molecule has 2 aromatic carbocycles. The van der Waals surface area contributed by atoms with Gasteiger partial charge in [0.25, 0.3) is 0 Å². The fraction of sp³-hybridized carbons (Fsp3) is 0.0556. The number of fused-ring (bicyclic) bond motifs is 1. The molecule has 6 heteroatoms. The second-order valence-electron chi connectivity index (χ2n) is 5.37. The highest BCUT2D eigenvalue weighted by Gasteiger charge is 2.35. The molecule has 2 heterocycles. The molecule has 2 aromatic rings. The molecule has 0 aromatic heterocycles. The van der Waals surface area contributed by atoms with Crippen molar-refractivity contribution in [2.45, 2.75) is 6.17 Å². The van der Waals surface area contributed by atoms with Gasteiger partial charge in [-0.05, 0) is 35.2 Å². The molecule has 3 nitrogen and oxygen atoms in total. The molecule has 1 N–H and O–H groups in total.